The molecule has 1 aliphatic heterocycles. The van der Waals surface area contributed by atoms with Crippen molar-refractivity contribution < 1.29 is 5.11 Å². The van der Waals surface area contributed by atoms with Crippen molar-refractivity contribution in [2.75, 3.05) is 6.54 Å². The number of hydrogen-bond donors (Lipinski definition) is 2. The van der Waals surface area contributed by atoms with E-state index in [-0.39, 0.29) is 5.54 Å². The second-order valence-corrected chi connectivity index (χ2v) is 5.51. The van der Waals surface area contributed by atoms with Crippen LogP contribution in [0.15, 0.2) is 42.5 Å². The summed E-state index contributed by atoms with van der Waals surface area (Å²) in [5.74, 6) is 0.354. The molecule has 2 nitrogen and oxygen atoms in total. The normalized spacial score (nSPS) is 22.0. The molecule has 3 rings (SSSR count). The highest BCUT2D eigenvalue weighted by Gasteiger charge is 2.33. The minimum atomic E-state index is -0.172. The predicted molar refractivity (Wildman–Crippen MR) is 77.4 cm³/mol. The summed E-state index contributed by atoms with van der Waals surface area (Å²) in [7, 11) is 0. The number of phenolic OH excluding ortho intramolecular Hbond substituents is 1. The highest BCUT2D eigenvalue weighted by atomic mass is 16.3. The Morgan fingerprint density at radius 1 is 1.11 bits per heavy atom. The number of aromatic hydroxyl groups is 1. The molecule has 0 amide bonds. The average molecular weight is 253 g/mol. The standard InChI is InChI=1S/C17H19NO/c1-12-3-5-14(6-4-12)17(2)16-8-7-15(19)11-13(16)9-10-18-17/h3-8,11,18-19H,9-10H2,1-2H3. The summed E-state index contributed by atoms with van der Waals surface area (Å²) in [5, 5.41) is 13.3. The Morgan fingerprint density at radius 3 is 2.58 bits per heavy atom. The van der Waals surface area contributed by atoms with E-state index < -0.39 is 0 Å². The maximum absolute atomic E-state index is 9.64. The highest BCUT2D eigenvalue weighted by Crippen LogP contribution is 2.36. The SMILES string of the molecule is Cc1ccc(C2(C)NCCc3cc(O)ccc32)cc1. The Hall–Kier alpha value is -1.80. The Kier molecular flexibility index (Phi) is 2.83. The van der Waals surface area contributed by atoms with Crippen LogP contribution in [-0.2, 0) is 12.0 Å². The van der Waals surface area contributed by atoms with Crippen molar-refractivity contribution >= 4 is 0 Å². The van der Waals surface area contributed by atoms with Gasteiger partial charge in [0.25, 0.3) is 0 Å². The van der Waals surface area contributed by atoms with E-state index in [1.807, 2.05) is 12.1 Å². The number of benzene rings is 2. The van der Waals surface area contributed by atoms with E-state index in [4.69, 9.17) is 0 Å². The molecule has 0 aromatic heterocycles. The fraction of sp³-hybridized carbons (Fsp3) is 0.294. The molecule has 2 heteroatoms. The van der Waals surface area contributed by atoms with Crippen molar-refractivity contribution in [1.29, 1.82) is 0 Å². The number of fused-ring (bicyclic) bond motifs is 1. The Balaban J connectivity index is 2.13. The van der Waals surface area contributed by atoms with Crippen LogP contribution in [0, 0.1) is 6.92 Å². The molecule has 0 radical (unpaired) electrons. The van der Waals surface area contributed by atoms with Crippen LogP contribution in [0.2, 0.25) is 0 Å². The third kappa shape index (κ3) is 2.02. The summed E-state index contributed by atoms with van der Waals surface area (Å²) >= 11 is 0. The minimum Gasteiger partial charge on any atom is -0.508 e. The lowest BCUT2D eigenvalue weighted by Gasteiger charge is -2.38. The van der Waals surface area contributed by atoms with E-state index in [2.05, 4.69) is 43.4 Å². The van der Waals surface area contributed by atoms with E-state index in [9.17, 15) is 5.11 Å². The van der Waals surface area contributed by atoms with Crippen molar-refractivity contribution in [3.63, 3.8) is 0 Å². The molecule has 1 aliphatic rings. The quantitative estimate of drug-likeness (QED) is 0.818. The summed E-state index contributed by atoms with van der Waals surface area (Å²) in [5.41, 5.74) is 4.87. The van der Waals surface area contributed by atoms with E-state index in [0.29, 0.717) is 5.75 Å². The molecule has 2 aromatic rings. The molecule has 2 aromatic carbocycles. The first-order chi connectivity index (χ1) is 9.09. The zero-order chi connectivity index (χ0) is 13.5. The third-order valence-electron chi connectivity index (χ3n) is 4.13. The second-order valence-electron chi connectivity index (χ2n) is 5.51. The first-order valence-corrected chi connectivity index (χ1v) is 6.74. The monoisotopic (exact) mass is 253 g/mol. The summed E-state index contributed by atoms with van der Waals surface area (Å²) in [6.07, 6.45) is 0.963. The molecule has 1 atom stereocenters. The molecule has 0 saturated carbocycles. The van der Waals surface area contributed by atoms with Gasteiger partial charge in [0.2, 0.25) is 0 Å². The average Bonchev–Trinajstić information content (AvgIpc) is 2.39. The van der Waals surface area contributed by atoms with Gasteiger partial charge in [-0.2, -0.15) is 0 Å². The van der Waals surface area contributed by atoms with Crippen LogP contribution in [0.1, 0.15) is 29.2 Å². The van der Waals surface area contributed by atoms with Crippen molar-refractivity contribution in [2.45, 2.75) is 25.8 Å². The van der Waals surface area contributed by atoms with E-state index >= 15 is 0 Å². The van der Waals surface area contributed by atoms with Crippen LogP contribution in [-0.4, -0.2) is 11.7 Å². The van der Waals surface area contributed by atoms with Crippen LogP contribution in [0.3, 0.4) is 0 Å². The molecular weight excluding hydrogens is 234 g/mol. The molecule has 1 heterocycles. The van der Waals surface area contributed by atoms with Gasteiger partial charge in [-0.05, 0) is 49.1 Å². The maximum atomic E-state index is 9.64. The lowest BCUT2D eigenvalue weighted by atomic mass is 9.78. The highest BCUT2D eigenvalue weighted by molar-refractivity contribution is 5.47. The molecule has 19 heavy (non-hydrogen) atoms. The third-order valence-corrected chi connectivity index (χ3v) is 4.13. The molecule has 0 spiro atoms. The van der Waals surface area contributed by atoms with Gasteiger partial charge >= 0.3 is 0 Å². The summed E-state index contributed by atoms with van der Waals surface area (Å²) in [4.78, 5) is 0. The number of hydrogen-bond acceptors (Lipinski definition) is 2. The maximum Gasteiger partial charge on any atom is 0.115 e. The molecule has 0 fully saturated rings. The van der Waals surface area contributed by atoms with Gasteiger partial charge in [0.15, 0.2) is 0 Å². The Labute approximate surface area is 114 Å². The van der Waals surface area contributed by atoms with E-state index in [1.165, 1.54) is 22.3 Å². The van der Waals surface area contributed by atoms with Crippen molar-refractivity contribution in [2.24, 2.45) is 0 Å². The van der Waals surface area contributed by atoms with Crippen LogP contribution >= 0.6 is 0 Å². The molecule has 0 saturated heterocycles. The second kappa shape index (κ2) is 4.39. The van der Waals surface area contributed by atoms with Crippen molar-refractivity contribution in [1.82, 2.24) is 5.32 Å². The van der Waals surface area contributed by atoms with Gasteiger partial charge in [-0.1, -0.05) is 35.9 Å². The number of aryl methyl sites for hydroxylation is 1. The lowest BCUT2D eigenvalue weighted by Crippen LogP contribution is -2.45. The van der Waals surface area contributed by atoms with Gasteiger partial charge in [-0.3, -0.25) is 0 Å². The van der Waals surface area contributed by atoms with Gasteiger partial charge < -0.3 is 10.4 Å². The smallest absolute Gasteiger partial charge is 0.115 e. The fourth-order valence-electron chi connectivity index (χ4n) is 2.96. The lowest BCUT2D eigenvalue weighted by molar-refractivity contribution is 0.411. The van der Waals surface area contributed by atoms with Gasteiger partial charge in [0.05, 0.1) is 5.54 Å². The van der Waals surface area contributed by atoms with Crippen LogP contribution < -0.4 is 5.32 Å². The van der Waals surface area contributed by atoms with Crippen LogP contribution in [0.25, 0.3) is 0 Å². The van der Waals surface area contributed by atoms with Crippen LogP contribution in [0.5, 0.6) is 5.75 Å². The molecular formula is C17H19NO. The number of rotatable bonds is 1. The van der Waals surface area contributed by atoms with E-state index in [0.717, 1.165) is 13.0 Å². The first-order valence-electron chi connectivity index (χ1n) is 6.74. The molecule has 98 valence electrons. The summed E-state index contributed by atoms with van der Waals surface area (Å²) < 4.78 is 0. The molecule has 0 aliphatic carbocycles. The van der Waals surface area contributed by atoms with Crippen molar-refractivity contribution in [3.8, 4) is 5.75 Å². The predicted octanol–water partition coefficient (Wildman–Crippen LogP) is 3.11. The minimum absolute atomic E-state index is 0.172. The fourth-order valence-corrected chi connectivity index (χ4v) is 2.96. The number of phenols is 1. The molecule has 2 N–H and O–H groups in total. The topological polar surface area (TPSA) is 32.3 Å². The zero-order valence-electron chi connectivity index (χ0n) is 11.4. The Morgan fingerprint density at radius 2 is 1.84 bits per heavy atom. The van der Waals surface area contributed by atoms with E-state index in [1.54, 1.807) is 6.07 Å². The van der Waals surface area contributed by atoms with Gasteiger partial charge in [0.1, 0.15) is 5.75 Å². The molecule has 1 unspecified atom stereocenters. The Bertz CT molecular complexity index is 603. The van der Waals surface area contributed by atoms with Crippen molar-refractivity contribution in [3.05, 3.63) is 64.7 Å². The van der Waals surface area contributed by atoms with Gasteiger partial charge in [-0.15, -0.1) is 0 Å². The summed E-state index contributed by atoms with van der Waals surface area (Å²) in [6.45, 7) is 5.25. The molecule has 0 bridgehead atoms. The van der Waals surface area contributed by atoms with Crippen LogP contribution in [0.4, 0.5) is 0 Å². The first kappa shape index (κ1) is 12.2. The zero-order valence-corrected chi connectivity index (χ0v) is 11.4. The largest absolute Gasteiger partial charge is 0.508 e. The van der Waals surface area contributed by atoms with Gasteiger partial charge in [0, 0.05) is 6.54 Å². The van der Waals surface area contributed by atoms with Gasteiger partial charge in [-0.25, -0.2) is 0 Å². The summed E-state index contributed by atoms with van der Waals surface area (Å²) in [6, 6.07) is 14.4. The number of nitrogens with one attached hydrogen (secondary N) is 1.